The summed E-state index contributed by atoms with van der Waals surface area (Å²) in [6.07, 6.45) is 3.01. The second-order valence-electron chi connectivity index (χ2n) is 8.52. The standard InChI is InChI=1S/C25H32FN3O6S/c1-4-6-13-27-25(31)21(5-2)28(15-18-7-9-19(26)10-8-18)24(30)16-29(36(3,32)33)20-11-12-22-23(14-20)35-17-34-22/h7-12,14,21H,4-6,13,15-17H2,1-3H3,(H,27,31)/t21-/m1/s1. The summed E-state index contributed by atoms with van der Waals surface area (Å²) < 4.78 is 50.5. The number of benzene rings is 2. The Morgan fingerprint density at radius 2 is 1.78 bits per heavy atom. The highest BCUT2D eigenvalue weighted by molar-refractivity contribution is 7.92. The zero-order valence-electron chi connectivity index (χ0n) is 20.7. The number of unbranched alkanes of at least 4 members (excludes halogenated alkanes) is 1. The van der Waals surface area contributed by atoms with Gasteiger partial charge in [-0.1, -0.05) is 32.4 Å². The van der Waals surface area contributed by atoms with Crippen LogP contribution in [-0.4, -0.2) is 57.3 Å². The molecule has 0 saturated heterocycles. The average molecular weight is 522 g/mol. The van der Waals surface area contributed by atoms with Crippen molar-refractivity contribution >= 4 is 27.5 Å². The van der Waals surface area contributed by atoms with Crippen LogP contribution in [0.1, 0.15) is 38.7 Å². The second-order valence-corrected chi connectivity index (χ2v) is 10.4. The van der Waals surface area contributed by atoms with Gasteiger partial charge in [0.2, 0.25) is 28.6 Å². The number of nitrogens with zero attached hydrogens (tertiary/aromatic N) is 2. The summed E-state index contributed by atoms with van der Waals surface area (Å²) in [5.41, 5.74) is 0.843. The highest BCUT2D eigenvalue weighted by Gasteiger charge is 2.32. The summed E-state index contributed by atoms with van der Waals surface area (Å²) in [6.45, 7) is 3.76. The largest absolute Gasteiger partial charge is 0.454 e. The van der Waals surface area contributed by atoms with Crippen LogP contribution in [0, 0.1) is 5.82 Å². The van der Waals surface area contributed by atoms with Gasteiger partial charge in [0.25, 0.3) is 0 Å². The van der Waals surface area contributed by atoms with Crippen LogP contribution in [-0.2, 0) is 26.2 Å². The van der Waals surface area contributed by atoms with Crippen molar-refractivity contribution in [2.75, 3.05) is 30.4 Å². The summed E-state index contributed by atoms with van der Waals surface area (Å²) >= 11 is 0. The first kappa shape index (κ1) is 27.3. The smallest absolute Gasteiger partial charge is 0.244 e. The number of carbonyl (C=O) groups is 2. The summed E-state index contributed by atoms with van der Waals surface area (Å²) in [7, 11) is -3.87. The van der Waals surface area contributed by atoms with Crippen molar-refractivity contribution < 1.29 is 31.9 Å². The average Bonchev–Trinajstić information content (AvgIpc) is 3.31. The highest BCUT2D eigenvalue weighted by Crippen LogP contribution is 2.36. The summed E-state index contributed by atoms with van der Waals surface area (Å²) in [4.78, 5) is 28.0. The number of anilines is 1. The normalized spacial score (nSPS) is 13.2. The molecule has 196 valence electrons. The fourth-order valence-electron chi connectivity index (χ4n) is 3.87. The first-order valence-electron chi connectivity index (χ1n) is 11.8. The van der Waals surface area contributed by atoms with Crippen LogP contribution in [0.3, 0.4) is 0 Å². The molecule has 0 bridgehead atoms. The first-order chi connectivity index (χ1) is 17.1. The van der Waals surface area contributed by atoms with Gasteiger partial charge in [-0.05, 0) is 42.7 Å². The van der Waals surface area contributed by atoms with E-state index in [9.17, 15) is 22.4 Å². The van der Waals surface area contributed by atoms with Gasteiger partial charge >= 0.3 is 0 Å². The molecule has 1 atom stereocenters. The zero-order chi connectivity index (χ0) is 26.3. The quantitative estimate of drug-likeness (QED) is 0.431. The SMILES string of the molecule is CCCCNC(=O)[C@@H](CC)N(Cc1ccc(F)cc1)C(=O)CN(c1ccc2c(c1)OCO2)S(C)(=O)=O. The Balaban J connectivity index is 1.91. The lowest BCUT2D eigenvalue weighted by Crippen LogP contribution is -2.52. The zero-order valence-corrected chi connectivity index (χ0v) is 21.5. The number of amides is 2. The van der Waals surface area contributed by atoms with Crippen LogP contribution in [0.2, 0.25) is 0 Å². The van der Waals surface area contributed by atoms with Crippen LogP contribution in [0.4, 0.5) is 10.1 Å². The van der Waals surface area contributed by atoms with Crippen LogP contribution in [0.25, 0.3) is 0 Å². The van der Waals surface area contributed by atoms with Gasteiger partial charge in [-0.2, -0.15) is 0 Å². The lowest BCUT2D eigenvalue weighted by molar-refractivity contribution is -0.140. The molecular formula is C25H32FN3O6S. The number of halogens is 1. The summed E-state index contributed by atoms with van der Waals surface area (Å²) in [5, 5.41) is 2.85. The van der Waals surface area contributed by atoms with Gasteiger partial charge < -0.3 is 19.7 Å². The molecule has 0 radical (unpaired) electrons. The van der Waals surface area contributed by atoms with Crippen LogP contribution in [0.5, 0.6) is 11.5 Å². The molecular weight excluding hydrogens is 489 g/mol. The molecule has 1 N–H and O–H groups in total. The van der Waals surface area contributed by atoms with Crippen molar-refractivity contribution in [3.8, 4) is 11.5 Å². The fraction of sp³-hybridized carbons (Fsp3) is 0.440. The van der Waals surface area contributed by atoms with Gasteiger partial charge in [-0.3, -0.25) is 13.9 Å². The molecule has 0 spiro atoms. The summed E-state index contributed by atoms with van der Waals surface area (Å²) in [5.74, 6) is -0.466. The van der Waals surface area contributed by atoms with Gasteiger partial charge in [0.1, 0.15) is 18.4 Å². The molecule has 2 aromatic carbocycles. The number of sulfonamides is 1. The third-order valence-electron chi connectivity index (χ3n) is 5.80. The minimum atomic E-state index is -3.87. The number of hydrogen-bond acceptors (Lipinski definition) is 6. The molecule has 2 amide bonds. The number of nitrogens with one attached hydrogen (secondary N) is 1. The van der Waals surface area contributed by atoms with Gasteiger partial charge in [-0.25, -0.2) is 12.8 Å². The second kappa shape index (κ2) is 12.1. The third kappa shape index (κ3) is 6.87. The molecule has 0 aliphatic carbocycles. The highest BCUT2D eigenvalue weighted by atomic mass is 32.2. The van der Waals surface area contributed by atoms with Gasteiger partial charge in [0, 0.05) is 19.2 Å². The molecule has 0 saturated carbocycles. The van der Waals surface area contributed by atoms with E-state index in [1.165, 1.54) is 41.3 Å². The molecule has 1 aliphatic rings. The minimum Gasteiger partial charge on any atom is -0.454 e. The first-order valence-corrected chi connectivity index (χ1v) is 13.7. The Kier molecular flexibility index (Phi) is 9.14. The van der Waals surface area contributed by atoms with Crippen molar-refractivity contribution in [3.63, 3.8) is 0 Å². The molecule has 0 fully saturated rings. The van der Waals surface area contributed by atoms with Crippen molar-refractivity contribution in [2.45, 2.75) is 45.7 Å². The van der Waals surface area contributed by atoms with Crippen molar-refractivity contribution in [3.05, 3.63) is 53.8 Å². The predicted molar refractivity (Wildman–Crippen MR) is 134 cm³/mol. The lowest BCUT2D eigenvalue weighted by atomic mass is 10.1. The monoisotopic (exact) mass is 521 g/mol. The minimum absolute atomic E-state index is 0.0115. The van der Waals surface area contributed by atoms with E-state index in [-0.39, 0.29) is 24.9 Å². The summed E-state index contributed by atoms with van der Waals surface area (Å²) in [6, 6.07) is 9.37. The van der Waals surface area contributed by atoms with Crippen molar-refractivity contribution in [1.82, 2.24) is 10.2 Å². The number of fused-ring (bicyclic) bond motifs is 1. The van der Waals surface area contributed by atoms with E-state index in [1.54, 1.807) is 13.0 Å². The molecule has 0 unspecified atom stereocenters. The van der Waals surface area contributed by atoms with E-state index in [1.807, 2.05) is 6.92 Å². The molecule has 9 nitrogen and oxygen atoms in total. The molecule has 36 heavy (non-hydrogen) atoms. The van der Waals surface area contributed by atoms with E-state index in [4.69, 9.17) is 9.47 Å². The fourth-order valence-corrected chi connectivity index (χ4v) is 4.71. The van der Waals surface area contributed by atoms with Gasteiger partial charge in [-0.15, -0.1) is 0 Å². The number of hydrogen-bond donors (Lipinski definition) is 1. The van der Waals surface area contributed by atoms with E-state index in [2.05, 4.69) is 5.32 Å². The number of ether oxygens (including phenoxy) is 2. The Hall–Kier alpha value is -3.34. The van der Waals surface area contributed by atoms with Gasteiger partial charge in [0.15, 0.2) is 11.5 Å². The Bertz CT molecular complexity index is 1170. The van der Waals surface area contributed by atoms with Crippen LogP contribution < -0.4 is 19.1 Å². The van der Waals surface area contributed by atoms with Crippen LogP contribution >= 0.6 is 0 Å². The number of rotatable bonds is 12. The van der Waals surface area contributed by atoms with E-state index in [0.29, 0.717) is 30.0 Å². The molecule has 1 aliphatic heterocycles. The lowest BCUT2D eigenvalue weighted by Gasteiger charge is -2.33. The number of carbonyl (C=O) groups excluding carboxylic acids is 2. The van der Waals surface area contributed by atoms with Crippen molar-refractivity contribution in [2.24, 2.45) is 0 Å². The van der Waals surface area contributed by atoms with E-state index in [0.717, 1.165) is 23.4 Å². The molecule has 1 heterocycles. The van der Waals surface area contributed by atoms with E-state index >= 15 is 0 Å². The molecule has 0 aromatic heterocycles. The Morgan fingerprint density at radius 3 is 2.42 bits per heavy atom. The Morgan fingerprint density at radius 1 is 1.08 bits per heavy atom. The topological polar surface area (TPSA) is 105 Å². The Labute approximate surface area is 211 Å². The molecule has 11 heteroatoms. The third-order valence-corrected chi connectivity index (χ3v) is 6.95. The maximum absolute atomic E-state index is 13.6. The predicted octanol–water partition coefficient (Wildman–Crippen LogP) is 3.04. The maximum atomic E-state index is 13.6. The van der Waals surface area contributed by atoms with Gasteiger partial charge in [0.05, 0.1) is 11.9 Å². The van der Waals surface area contributed by atoms with Crippen molar-refractivity contribution in [1.29, 1.82) is 0 Å². The molecule has 2 aromatic rings. The molecule has 3 rings (SSSR count). The van der Waals surface area contributed by atoms with Crippen LogP contribution in [0.15, 0.2) is 42.5 Å². The van der Waals surface area contributed by atoms with E-state index < -0.39 is 34.3 Å². The maximum Gasteiger partial charge on any atom is 0.244 e.